The maximum atomic E-state index is 13.3. The molecule has 2 heterocycles. The highest BCUT2D eigenvalue weighted by molar-refractivity contribution is 5.93. The van der Waals surface area contributed by atoms with Gasteiger partial charge in [-0.05, 0) is 37.5 Å². The second-order valence-electron chi connectivity index (χ2n) is 7.60. The molecule has 1 aliphatic rings. The van der Waals surface area contributed by atoms with E-state index in [1.165, 1.54) is 7.11 Å². The van der Waals surface area contributed by atoms with Crippen LogP contribution in [0.5, 0.6) is 0 Å². The van der Waals surface area contributed by atoms with Gasteiger partial charge in [-0.2, -0.15) is 0 Å². The molecule has 9 nitrogen and oxygen atoms in total. The highest BCUT2D eigenvalue weighted by Gasteiger charge is 2.36. The quantitative estimate of drug-likeness (QED) is 0.281. The summed E-state index contributed by atoms with van der Waals surface area (Å²) in [6, 6.07) is 4.90. The Labute approximate surface area is 175 Å². The van der Waals surface area contributed by atoms with Crippen molar-refractivity contribution in [1.82, 2.24) is 19.9 Å². The fraction of sp³-hybridized carbons (Fsp3) is 0.524. The van der Waals surface area contributed by atoms with Gasteiger partial charge in [0.15, 0.2) is 0 Å². The lowest BCUT2D eigenvalue weighted by Gasteiger charge is -2.29. The lowest BCUT2D eigenvalue weighted by molar-refractivity contribution is -0.157. The molecule has 1 aromatic carbocycles. The summed E-state index contributed by atoms with van der Waals surface area (Å²) in [5.41, 5.74) is 1.83. The number of methoxy groups -OCH3 is 1. The summed E-state index contributed by atoms with van der Waals surface area (Å²) in [6.45, 7) is 2.62. The van der Waals surface area contributed by atoms with Crippen molar-refractivity contribution in [2.75, 3.05) is 20.2 Å². The molecule has 0 bridgehead atoms. The summed E-state index contributed by atoms with van der Waals surface area (Å²) >= 11 is 0. The SMILES string of the molecule is CCCC[C@H](CN(O)C=O)C(=O)N1CCC[C@H]1c1nc2cc(C(=O)OC)ccc2[nH]1. The molecule has 2 amide bonds. The number of nitrogens with one attached hydrogen (secondary N) is 1. The Morgan fingerprint density at radius 1 is 1.47 bits per heavy atom. The van der Waals surface area contributed by atoms with Crippen LogP contribution in [0.2, 0.25) is 0 Å². The van der Waals surface area contributed by atoms with Crippen LogP contribution in [0.1, 0.15) is 61.3 Å². The van der Waals surface area contributed by atoms with Gasteiger partial charge >= 0.3 is 5.97 Å². The fourth-order valence-electron chi connectivity index (χ4n) is 3.99. The minimum atomic E-state index is -0.462. The van der Waals surface area contributed by atoms with Crippen LogP contribution < -0.4 is 0 Å². The lowest BCUT2D eigenvalue weighted by Crippen LogP contribution is -2.40. The molecule has 0 saturated carbocycles. The van der Waals surface area contributed by atoms with Crippen LogP contribution in [0.4, 0.5) is 0 Å². The number of hydrogen-bond acceptors (Lipinski definition) is 6. The zero-order chi connectivity index (χ0) is 21.7. The molecule has 2 atom stereocenters. The molecule has 2 aromatic rings. The first-order chi connectivity index (χ1) is 14.5. The second kappa shape index (κ2) is 9.71. The van der Waals surface area contributed by atoms with E-state index in [9.17, 15) is 19.6 Å². The first kappa shape index (κ1) is 21.8. The summed E-state index contributed by atoms with van der Waals surface area (Å²) in [5.74, 6) is -0.302. The molecule has 0 aliphatic carbocycles. The molecule has 1 saturated heterocycles. The largest absolute Gasteiger partial charge is 0.465 e. The topological polar surface area (TPSA) is 116 Å². The molecule has 1 aliphatic heterocycles. The normalized spacial score (nSPS) is 17.2. The summed E-state index contributed by atoms with van der Waals surface area (Å²) in [5, 5.41) is 10.2. The van der Waals surface area contributed by atoms with E-state index in [0.29, 0.717) is 41.3 Å². The predicted octanol–water partition coefficient (Wildman–Crippen LogP) is 2.67. The van der Waals surface area contributed by atoms with Gasteiger partial charge in [-0.25, -0.2) is 14.8 Å². The Bertz CT molecular complexity index is 912. The minimum absolute atomic E-state index is 0.0197. The van der Waals surface area contributed by atoms with Crippen LogP contribution in [-0.4, -0.2) is 63.6 Å². The minimum Gasteiger partial charge on any atom is -0.465 e. The van der Waals surface area contributed by atoms with Gasteiger partial charge in [0.05, 0.1) is 42.2 Å². The number of ether oxygens (including phenoxy) is 1. The van der Waals surface area contributed by atoms with Crippen LogP contribution in [0, 0.1) is 5.92 Å². The Morgan fingerprint density at radius 2 is 2.27 bits per heavy atom. The number of imidazole rings is 1. The lowest BCUT2D eigenvalue weighted by atomic mass is 9.99. The van der Waals surface area contributed by atoms with Gasteiger partial charge in [-0.15, -0.1) is 0 Å². The number of benzene rings is 1. The Morgan fingerprint density at radius 3 is 2.97 bits per heavy atom. The molecule has 0 radical (unpaired) electrons. The summed E-state index contributed by atoms with van der Waals surface area (Å²) in [7, 11) is 1.33. The van der Waals surface area contributed by atoms with Crippen molar-refractivity contribution in [2.45, 2.75) is 45.1 Å². The van der Waals surface area contributed by atoms with Crippen molar-refractivity contribution in [2.24, 2.45) is 5.92 Å². The van der Waals surface area contributed by atoms with E-state index in [2.05, 4.69) is 9.97 Å². The molecule has 162 valence electrons. The van der Waals surface area contributed by atoms with Crippen LogP contribution in [0.3, 0.4) is 0 Å². The van der Waals surface area contributed by atoms with E-state index < -0.39 is 11.9 Å². The van der Waals surface area contributed by atoms with Crippen molar-refractivity contribution < 1.29 is 24.3 Å². The van der Waals surface area contributed by atoms with Crippen molar-refractivity contribution in [3.63, 3.8) is 0 Å². The number of H-pyrrole nitrogens is 1. The number of rotatable bonds is 9. The first-order valence-electron chi connectivity index (χ1n) is 10.3. The number of aromatic amines is 1. The van der Waals surface area contributed by atoms with Gasteiger partial charge in [0.2, 0.25) is 12.3 Å². The fourth-order valence-corrected chi connectivity index (χ4v) is 3.99. The maximum Gasteiger partial charge on any atom is 0.337 e. The van der Waals surface area contributed by atoms with Gasteiger partial charge in [0, 0.05) is 6.54 Å². The molecule has 9 heteroatoms. The number of esters is 1. The van der Waals surface area contributed by atoms with Crippen molar-refractivity contribution >= 4 is 29.3 Å². The van der Waals surface area contributed by atoms with Gasteiger partial charge in [0.1, 0.15) is 5.82 Å². The molecular weight excluding hydrogens is 388 g/mol. The van der Waals surface area contributed by atoms with E-state index in [0.717, 1.165) is 31.2 Å². The van der Waals surface area contributed by atoms with Gasteiger partial charge < -0.3 is 14.6 Å². The Kier molecular flexibility index (Phi) is 7.04. The number of aromatic nitrogens is 2. The van der Waals surface area contributed by atoms with Gasteiger partial charge in [-0.3, -0.25) is 14.8 Å². The van der Waals surface area contributed by atoms with Gasteiger partial charge in [0.25, 0.3) is 0 Å². The number of amides is 2. The van der Waals surface area contributed by atoms with Crippen LogP contribution in [0.15, 0.2) is 18.2 Å². The monoisotopic (exact) mass is 416 g/mol. The van der Waals surface area contributed by atoms with Crippen LogP contribution in [0.25, 0.3) is 11.0 Å². The molecule has 1 aromatic heterocycles. The molecule has 0 unspecified atom stereocenters. The van der Waals surface area contributed by atoms with Crippen LogP contribution in [-0.2, 0) is 14.3 Å². The first-order valence-corrected chi connectivity index (χ1v) is 10.3. The molecular formula is C21H28N4O5. The molecule has 2 N–H and O–H groups in total. The van der Waals surface area contributed by atoms with E-state index in [-0.39, 0.29) is 18.5 Å². The van der Waals surface area contributed by atoms with E-state index in [1.807, 2.05) is 6.92 Å². The van der Waals surface area contributed by atoms with Crippen molar-refractivity contribution in [3.05, 3.63) is 29.6 Å². The predicted molar refractivity (Wildman–Crippen MR) is 109 cm³/mol. The molecule has 3 rings (SSSR count). The van der Waals surface area contributed by atoms with E-state index in [1.54, 1.807) is 23.1 Å². The number of fused-ring (bicyclic) bond motifs is 1. The average Bonchev–Trinajstić information content (AvgIpc) is 3.41. The number of nitrogens with zero attached hydrogens (tertiary/aromatic N) is 3. The Balaban J connectivity index is 1.83. The zero-order valence-electron chi connectivity index (χ0n) is 17.3. The summed E-state index contributed by atoms with van der Waals surface area (Å²) in [4.78, 5) is 45.6. The number of hydrogen-bond donors (Lipinski definition) is 2. The second-order valence-corrected chi connectivity index (χ2v) is 7.60. The average molecular weight is 416 g/mol. The third kappa shape index (κ3) is 4.62. The number of hydroxylamine groups is 2. The number of unbranched alkanes of at least 4 members (excludes halogenated alkanes) is 1. The standard InChI is InChI=1S/C21H28N4O5/c1-3-4-6-15(12-24(29)13-26)20(27)25-10-5-7-18(25)19-22-16-9-8-14(21(28)30-2)11-17(16)23-19/h8-9,11,13,15,18,29H,3-7,10,12H2,1-2H3,(H,22,23)/t15-,18+/m1/s1. The maximum absolute atomic E-state index is 13.3. The van der Waals surface area contributed by atoms with Crippen molar-refractivity contribution in [1.29, 1.82) is 0 Å². The molecule has 0 spiro atoms. The third-order valence-electron chi connectivity index (χ3n) is 5.56. The number of likely N-dealkylation sites (tertiary alicyclic amines) is 1. The zero-order valence-corrected chi connectivity index (χ0v) is 17.3. The van der Waals surface area contributed by atoms with E-state index in [4.69, 9.17) is 4.74 Å². The molecule has 30 heavy (non-hydrogen) atoms. The summed E-state index contributed by atoms with van der Waals surface area (Å²) < 4.78 is 4.76. The number of carbonyl (C=O) groups is 3. The number of carbonyl (C=O) groups excluding carboxylic acids is 3. The van der Waals surface area contributed by atoms with Crippen molar-refractivity contribution in [3.8, 4) is 0 Å². The highest BCUT2D eigenvalue weighted by atomic mass is 16.5. The van der Waals surface area contributed by atoms with E-state index >= 15 is 0 Å². The highest BCUT2D eigenvalue weighted by Crippen LogP contribution is 2.33. The third-order valence-corrected chi connectivity index (χ3v) is 5.56. The smallest absolute Gasteiger partial charge is 0.337 e. The van der Waals surface area contributed by atoms with Gasteiger partial charge in [-0.1, -0.05) is 19.8 Å². The summed E-state index contributed by atoms with van der Waals surface area (Å²) in [6.07, 6.45) is 4.30. The Hall–Kier alpha value is -2.94. The molecule has 1 fully saturated rings. The van der Waals surface area contributed by atoms with Crippen LogP contribution >= 0.6 is 0 Å².